The summed E-state index contributed by atoms with van der Waals surface area (Å²) in [6.07, 6.45) is 3.49. The summed E-state index contributed by atoms with van der Waals surface area (Å²) in [5, 5.41) is 2.79. The minimum absolute atomic E-state index is 0.0661. The van der Waals surface area contributed by atoms with Crippen molar-refractivity contribution in [2.75, 3.05) is 22.9 Å². The standard InChI is InChI=1S/C20H24N2O4S2/c1-5-12-26-16-8-6-15(7-9-16)22-28(24,25)17-10-11-19(27-4)18(13-17)21-20(23)14(2)3/h5-11,13-14,22H,1,12H2,2-4H3,(H,21,23). The highest BCUT2D eigenvalue weighted by molar-refractivity contribution is 7.98. The first kappa shape index (κ1) is 21.8. The lowest BCUT2D eigenvalue weighted by atomic mass is 10.2. The third-order valence-electron chi connectivity index (χ3n) is 3.74. The summed E-state index contributed by atoms with van der Waals surface area (Å²) < 4.78 is 33.4. The molecule has 0 unspecified atom stereocenters. The number of hydrogen-bond donors (Lipinski definition) is 2. The van der Waals surface area contributed by atoms with Crippen LogP contribution in [0.5, 0.6) is 5.75 Å². The van der Waals surface area contributed by atoms with Crippen LogP contribution in [0.1, 0.15) is 13.8 Å². The number of carbonyl (C=O) groups is 1. The molecule has 0 saturated heterocycles. The van der Waals surface area contributed by atoms with Crippen molar-refractivity contribution in [1.29, 1.82) is 0 Å². The summed E-state index contributed by atoms with van der Waals surface area (Å²) in [6, 6.07) is 11.2. The molecule has 0 aliphatic heterocycles. The van der Waals surface area contributed by atoms with Crippen LogP contribution in [0.3, 0.4) is 0 Å². The zero-order valence-corrected chi connectivity index (χ0v) is 17.7. The Bertz CT molecular complexity index is 939. The van der Waals surface area contributed by atoms with Gasteiger partial charge in [0, 0.05) is 16.5 Å². The maximum absolute atomic E-state index is 12.8. The largest absolute Gasteiger partial charge is 0.490 e. The molecule has 0 bridgehead atoms. The molecule has 2 N–H and O–H groups in total. The van der Waals surface area contributed by atoms with Crippen LogP contribution in [-0.4, -0.2) is 27.2 Å². The summed E-state index contributed by atoms with van der Waals surface area (Å²) in [5.74, 6) is 0.230. The van der Waals surface area contributed by atoms with E-state index in [2.05, 4.69) is 16.6 Å². The Morgan fingerprint density at radius 2 is 1.89 bits per heavy atom. The lowest BCUT2D eigenvalue weighted by Crippen LogP contribution is -2.19. The normalized spacial score (nSPS) is 11.1. The van der Waals surface area contributed by atoms with E-state index >= 15 is 0 Å². The molecule has 0 aromatic heterocycles. The number of carbonyl (C=O) groups excluding carboxylic acids is 1. The van der Waals surface area contributed by atoms with Gasteiger partial charge in [-0.3, -0.25) is 9.52 Å². The van der Waals surface area contributed by atoms with Gasteiger partial charge < -0.3 is 10.1 Å². The van der Waals surface area contributed by atoms with Crippen LogP contribution in [0.15, 0.2) is 64.9 Å². The number of rotatable bonds is 9. The highest BCUT2D eigenvalue weighted by atomic mass is 32.2. The second kappa shape index (κ2) is 9.66. The third-order valence-corrected chi connectivity index (χ3v) is 5.91. The number of benzene rings is 2. The van der Waals surface area contributed by atoms with Gasteiger partial charge >= 0.3 is 0 Å². The highest BCUT2D eigenvalue weighted by Gasteiger charge is 2.18. The Balaban J connectivity index is 2.24. The molecule has 0 aliphatic carbocycles. The third kappa shape index (κ3) is 5.77. The van der Waals surface area contributed by atoms with Crippen molar-refractivity contribution in [3.63, 3.8) is 0 Å². The van der Waals surface area contributed by atoms with E-state index < -0.39 is 10.0 Å². The Hall–Kier alpha value is -2.45. The van der Waals surface area contributed by atoms with Crippen LogP contribution < -0.4 is 14.8 Å². The molecule has 1 amide bonds. The number of thioether (sulfide) groups is 1. The van der Waals surface area contributed by atoms with E-state index in [-0.39, 0.29) is 16.7 Å². The number of sulfonamides is 1. The van der Waals surface area contributed by atoms with Gasteiger partial charge in [-0.15, -0.1) is 11.8 Å². The van der Waals surface area contributed by atoms with E-state index in [1.165, 1.54) is 23.9 Å². The molecule has 0 spiro atoms. The fourth-order valence-electron chi connectivity index (χ4n) is 2.22. The second-order valence-electron chi connectivity index (χ2n) is 6.24. The smallest absolute Gasteiger partial charge is 0.261 e. The van der Waals surface area contributed by atoms with Crippen molar-refractivity contribution < 1.29 is 17.9 Å². The van der Waals surface area contributed by atoms with Gasteiger partial charge in [0.05, 0.1) is 10.6 Å². The monoisotopic (exact) mass is 420 g/mol. The molecule has 150 valence electrons. The predicted molar refractivity (Wildman–Crippen MR) is 115 cm³/mol. The first-order valence-corrected chi connectivity index (χ1v) is 11.3. The number of anilines is 2. The summed E-state index contributed by atoms with van der Waals surface area (Å²) in [4.78, 5) is 12.9. The summed E-state index contributed by atoms with van der Waals surface area (Å²) >= 11 is 1.43. The number of nitrogens with one attached hydrogen (secondary N) is 2. The molecule has 2 aromatic rings. The quantitative estimate of drug-likeness (QED) is 0.465. The first-order valence-electron chi connectivity index (χ1n) is 8.62. The van der Waals surface area contributed by atoms with E-state index in [4.69, 9.17) is 4.74 Å². The minimum atomic E-state index is -3.81. The Morgan fingerprint density at radius 3 is 2.46 bits per heavy atom. The van der Waals surface area contributed by atoms with E-state index in [0.717, 1.165) is 4.90 Å². The summed E-state index contributed by atoms with van der Waals surface area (Å²) in [5.41, 5.74) is 0.884. The molecule has 28 heavy (non-hydrogen) atoms. The minimum Gasteiger partial charge on any atom is -0.490 e. The molecule has 8 heteroatoms. The number of hydrogen-bond acceptors (Lipinski definition) is 5. The van der Waals surface area contributed by atoms with Crippen LogP contribution in [0.4, 0.5) is 11.4 Å². The van der Waals surface area contributed by atoms with E-state index in [1.54, 1.807) is 50.3 Å². The molecule has 0 atom stereocenters. The summed E-state index contributed by atoms with van der Waals surface area (Å²) in [7, 11) is -3.81. The fourth-order valence-corrected chi connectivity index (χ4v) is 3.84. The summed E-state index contributed by atoms with van der Waals surface area (Å²) in [6.45, 7) is 7.50. The van der Waals surface area contributed by atoms with Crippen molar-refractivity contribution >= 4 is 39.1 Å². The van der Waals surface area contributed by atoms with Crippen LogP contribution in [0, 0.1) is 5.92 Å². The second-order valence-corrected chi connectivity index (χ2v) is 8.77. The van der Waals surface area contributed by atoms with Gasteiger partial charge in [0.25, 0.3) is 10.0 Å². The molecule has 0 aliphatic rings. The van der Waals surface area contributed by atoms with Gasteiger partial charge in [-0.05, 0) is 48.7 Å². The van der Waals surface area contributed by atoms with E-state index in [9.17, 15) is 13.2 Å². The number of ether oxygens (including phenoxy) is 1. The Kier molecular flexibility index (Phi) is 7.53. The van der Waals surface area contributed by atoms with Crippen LogP contribution >= 0.6 is 11.8 Å². The molecule has 0 saturated carbocycles. The van der Waals surface area contributed by atoms with Crippen molar-refractivity contribution in [1.82, 2.24) is 0 Å². The van der Waals surface area contributed by atoms with Crippen molar-refractivity contribution in [3.8, 4) is 5.75 Å². The zero-order valence-electron chi connectivity index (χ0n) is 16.1. The van der Waals surface area contributed by atoms with Crippen molar-refractivity contribution in [2.45, 2.75) is 23.6 Å². The SMILES string of the molecule is C=CCOc1ccc(NS(=O)(=O)c2ccc(SC)c(NC(=O)C(C)C)c2)cc1. The van der Waals surface area contributed by atoms with Gasteiger partial charge in [0.2, 0.25) is 5.91 Å². The average molecular weight is 421 g/mol. The van der Waals surface area contributed by atoms with Gasteiger partial charge in [0.15, 0.2) is 0 Å². The predicted octanol–water partition coefficient (Wildman–Crippen LogP) is 4.37. The Morgan fingerprint density at radius 1 is 1.21 bits per heavy atom. The number of amides is 1. The molecule has 0 radical (unpaired) electrons. The lowest BCUT2D eigenvalue weighted by molar-refractivity contribution is -0.118. The first-order chi connectivity index (χ1) is 13.3. The molecule has 6 nitrogen and oxygen atoms in total. The van der Waals surface area contributed by atoms with Gasteiger partial charge in [-0.2, -0.15) is 0 Å². The Labute approximate surface area is 170 Å². The van der Waals surface area contributed by atoms with Gasteiger partial charge in [-0.25, -0.2) is 8.42 Å². The zero-order chi connectivity index (χ0) is 20.7. The topological polar surface area (TPSA) is 84.5 Å². The van der Waals surface area contributed by atoms with Crippen LogP contribution in [0.2, 0.25) is 0 Å². The van der Waals surface area contributed by atoms with Crippen molar-refractivity contribution in [3.05, 3.63) is 55.1 Å². The maximum Gasteiger partial charge on any atom is 0.261 e. The maximum atomic E-state index is 12.8. The molecular weight excluding hydrogens is 396 g/mol. The van der Waals surface area contributed by atoms with E-state index in [1.807, 2.05) is 6.26 Å². The van der Waals surface area contributed by atoms with Crippen molar-refractivity contribution in [2.24, 2.45) is 5.92 Å². The molecule has 2 aromatic carbocycles. The van der Waals surface area contributed by atoms with Gasteiger partial charge in [-0.1, -0.05) is 26.5 Å². The average Bonchev–Trinajstić information content (AvgIpc) is 2.67. The molecular formula is C20H24N2O4S2. The van der Waals surface area contributed by atoms with Gasteiger partial charge in [0.1, 0.15) is 12.4 Å². The van der Waals surface area contributed by atoms with Crippen LogP contribution in [-0.2, 0) is 14.8 Å². The lowest BCUT2D eigenvalue weighted by Gasteiger charge is -2.14. The molecule has 0 fully saturated rings. The van der Waals surface area contributed by atoms with E-state index in [0.29, 0.717) is 23.7 Å². The molecule has 2 rings (SSSR count). The fraction of sp³-hybridized carbons (Fsp3) is 0.250. The highest BCUT2D eigenvalue weighted by Crippen LogP contribution is 2.29. The molecule has 0 heterocycles. The van der Waals surface area contributed by atoms with Crippen LogP contribution in [0.25, 0.3) is 0 Å².